The first-order chi connectivity index (χ1) is 12.7. The third kappa shape index (κ3) is 3.05. The van der Waals surface area contributed by atoms with E-state index >= 15 is 0 Å². The molecule has 1 heterocycles. The van der Waals surface area contributed by atoms with Crippen LogP contribution in [-0.2, 0) is 6.54 Å². The number of anilines is 1. The zero-order chi connectivity index (χ0) is 18.0. The number of carbonyl (C=O) groups excluding carboxylic acids is 1. The molecule has 2 aliphatic carbocycles. The molecule has 1 aromatic carbocycles. The summed E-state index contributed by atoms with van der Waals surface area (Å²) < 4.78 is 0. The number of rotatable bonds is 6. The minimum Gasteiger partial charge on any atom is -0.366 e. The molecule has 0 bridgehead atoms. The number of nitrogens with zero attached hydrogens (tertiary/aromatic N) is 2. The molecule has 1 spiro atoms. The van der Waals surface area contributed by atoms with Crippen molar-refractivity contribution in [2.75, 3.05) is 11.9 Å². The van der Waals surface area contributed by atoms with Crippen LogP contribution in [0.5, 0.6) is 0 Å². The number of carbonyl (C=O) groups is 1. The third-order valence-electron chi connectivity index (χ3n) is 6.15. The van der Waals surface area contributed by atoms with Crippen LogP contribution < -0.4 is 16.4 Å². The highest BCUT2D eigenvalue weighted by Crippen LogP contribution is 2.59. The van der Waals surface area contributed by atoms with Gasteiger partial charge >= 0.3 is 0 Å². The van der Waals surface area contributed by atoms with Crippen LogP contribution in [0, 0.1) is 11.3 Å². The minimum atomic E-state index is 0.0145. The predicted molar refractivity (Wildman–Crippen MR) is 101 cm³/mol. The molecule has 2 aliphatic rings. The molecule has 1 amide bonds. The first-order valence-electron chi connectivity index (χ1n) is 9.31. The van der Waals surface area contributed by atoms with Crippen molar-refractivity contribution in [1.82, 2.24) is 15.3 Å². The van der Waals surface area contributed by atoms with Crippen LogP contribution in [0.3, 0.4) is 0 Å². The van der Waals surface area contributed by atoms with Gasteiger partial charge in [0.2, 0.25) is 0 Å². The predicted octanol–water partition coefficient (Wildman–Crippen LogP) is 2.34. The van der Waals surface area contributed by atoms with Gasteiger partial charge in [-0.3, -0.25) is 4.79 Å². The van der Waals surface area contributed by atoms with Gasteiger partial charge in [0.05, 0.1) is 0 Å². The van der Waals surface area contributed by atoms with Crippen LogP contribution in [0.1, 0.15) is 41.6 Å². The van der Waals surface area contributed by atoms with Crippen LogP contribution in [0.25, 0.3) is 0 Å². The maximum atomic E-state index is 12.7. The van der Waals surface area contributed by atoms with Crippen LogP contribution in [0.2, 0.25) is 0 Å². The number of benzene rings is 1. The molecule has 2 atom stereocenters. The van der Waals surface area contributed by atoms with E-state index in [0.717, 1.165) is 24.3 Å². The van der Waals surface area contributed by atoms with E-state index < -0.39 is 0 Å². The quantitative estimate of drug-likeness (QED) is 0.743. The monoisotopic (exact) mass is 351 g/mol. The lowest BCUT2D eigenvalue weighted by Crippen LogP contribution is -2.65. The van der Waals surface area contributed by atoms with E-state index in [4.69, 9.17) is 5.73 Å². The molecule has 136 valence electrons. The molecule has 0 aliphatic heterocycles. The fraction of sp³-hybridized carbons (Fsp3) is 0.450. The lowest BCUT2D eigenvalue weighted by Gasteiger charge is -2.61. The molecule has 0 radical (unpaired) electrons. The molecule has 4 rings (SSSR count). The fourth-order valence-corrected chi connectivity index (χ4v) is 4.41. The summed E-state index contributed by atoms with van der Waals surface area (Å²) in [5.74, 6) is 1.36. The average Bonchev–Trinajstić information content (AvgIpc) is 2.62. The number of aromatic nitrogens is 2. The number of hydrogen-bond donors (Lipinski definition) is 3. The number of nitrogens with two attached hydrogens (primary N) is 1. The second-order valence-electron chi connectivity index (χ2n) is 7.43. The van der Waals surface area contributed by atoms with Crippen molar-refractivity contribution in [1.29, 1.82) is 0 Å². The summed E-state index contributed by atoms with van der Waals surface area (Å²) in [6.45, 7) is 1.34. The summed E-state index contributed by atoms with van der Waals surface area (Å²) in [5, 5.41) is 6.49. The molecule has 2 saturated carbocycles. The Morgan fingerprint density at radius 2 is 2.19 bits per heavy atom. The van der Waals surface area contributed by atoms with Gasteiger partial charge < -0.3 is 16.4 Å². The average molecular weight is 351 g/mol. The Balaban J connectivity index is 1.38. The summed E-state index contributed by atoms with van der Waals surface area (Å²) in [7, 11) is 0. The molecule has 6 nitrogen and oxygen atoms in total. The van der Waals surface area contributed by atoms with Crippen LogP contribution >= 0.6 is 0 Å². The van der Waals surface area contributed by atoms with Crippen LogP contribution in [0.15, 0.2) is 42.9 Å². The maximum Gasteiger partial charge on any atom is 0.251 e. The molecule has 2 aromatic rings. The van der Waals surface area contributed by atoms with Gasteiger partial charge in [-0.25, -0.2) is 9.97 Å². The molecule has 6 heteroatoms. The van der Waals surface area contributed by atoms with Crippen LogP contribution in [-0.4, -0.2) is 28.5 Å². The lowest BCUT2D eigenvalue weighted by molar-refractivity contribution is -0.0798. The van der Waals surface area contributed by atoms with Crippen molar-refractivity contribution in [3.8, 4) is 0 Å². The van der Waals surface area contributed by atoms with E-state index in [-0.39, 0.29) is 17.4 Å². The Bertz CT molecular complexity index is 775. The highest BCUT2D eigenvalue weighted by molar-refractivity contribution is 5.94. The Kier molecular flexibility index (Phi) is 4.59. The Hall–Kier alpha value is -2.47. The molecule has 2 unspecified atom stereocenters. The lowest BCUT2D eigenvalue weighted by atomic mass is 9.47. The molecule has 2 fully saturated rings. The van der Waals surface area contributed by atoms with Gasteiger partial charge in [-0.1, -0.05) is 18.6 Å². The van der Waals surface area contributed by atoms with Gasteiger partial charge in [-0.05, 0) is 60.9 Å². The molecule has 0 saturated heterocycles. The van der Waals surface area contributed by atoms with E-state index in [1.54, 1.807) is 6.20 Å². The van der Waals surface area contributed by atoms with Gasteiger partial charge in [0, 0.05) is 24.3 Å². The van der Waals surface area contributed by atoms with Crippen molar-refractivity contribution >= 4 is 11.7 Å². The van der Waals surface area contributed by atoms with E-state index in [9.17, 15) is 4.79 Å². The first kappa shape index (κ1) is 17.0. The Labute approximate surface area is 153 Å². The summed E-state index contributed by atoms with van der Waals surface area (Å²) in [4.78, 5) is 20.8. The second-order valence-corrected chi connectivity index (χ2v) is 7.43. The minimum absolute atomic E-state index is 0.0145. The molecular weight excluding hydrogens is 326 g/mol. The van der Waals surface area contributed by atoms with Gasteiger partial charge in [0.1, 0.15) is 12.1 Å². The molecule has 1 aromatic heterocycles. The highest BCUT2D eigenvalue weighted by atomic mass is 16.1. The van der Waals surface area contributed by atoms with Crippen molar-refractivity contribution in [3.63, 3.8) is 0 Å². The number of amides is 1. The second kappa shape index (κ2) is 7.03. The van der Waals surface area contributed by atoms with E-state index in [2.05, 4.69) is 20.6 Å². The number of hydrogen-bond acceptors (Lipinski definition) is 5. The SMILES string of the molecule is NCC1CC(NC(=O)c2cccc(CNc3ccncn3)c2)C12CCC2. The smallest absolute Gasteiger partial charge is 0.251 e. The molecule has 26 heavy (non-hydrogen) atoms. The first-order valence-corrected chi connectivity index (χ1v) is 9.31. The van der Waals surface area contributed by atoms with Crippen LogP contribution in [0.4, 0.5) is 5.82 Å². The third-order valence-corrected chi connectivity index (χ3v) is 6.15. The fourth-order valence-electron chi connectivity index (χ4n) is 4.41. The van der Waals surface area contributed by atoms with Crippen molar-refractivity contribution < 1.29 is 4.79 Å². The maximum absolute atomic E-state index is 12.7. The summed E-state index contributed by atoms with van der Waals surface area (Å²) >= 11 is 0. The van der Waals surface area contributed by atoms with Gasteiger partial charge in [-0.15, -0.1) is 0 Å². The summed E-state index contributed by atoms with van der Waals surface area (Å²) in [5.41, 5.74) is 7.92. The summed E-state index contributed by atoms with van der Waals surface area (Å²) in [6.07, 6.45) is 7.87. The standard InChI is InChI=1S/C20H25N5O/c21-11-16-10-17(20(16)6-2-7-20)25-19(26)15-4-1-3-14(9-15)12-23-18-5-8-22-13-24-18/h1,3-5,8-9,13,16-17H,2,6-7,10-12,21H2,(H,25,26)(H,22,23,24). The van der Waals surface area contributed by atoms with E-state index in [1.807, 2.05) is 30.3 Å². The van der Waals surface area contributed by atoms with Crippen molar-refractivity contribution in [3.05, 3.63) is 54.0 Å². The highest BCUT2D eigenvalue weighted by Gasteiger charge is 2.57. The Morgan fingerprint density at radius 3 is 2.88 bits per heavy atom. The zero-order valence-corrected chi connectivity index (χ0v) is 14.8. The van der Waals surface area contributed by atoms with Gasteiger partial charge in [0.15, 0.2) is 0 Å². The molecular formula is C20H25N5O. The molecule has 4 N–H and O–H groups in total. The van der Waals surface area contributed by atoms with E-state index in [1.165, 1.54) is 25.6 Å². The van der Waals surface area contributed by atoms with Gasteiger partial charge in [0.25, 0.3) is 5.91 Å². The largest absolute Gasteiger partial charge is 0.366 e. The zero-order valence-electron chi connectivity index (χ0n) is 14.8. The van der Waals surface area contributed by atoms with Crippen molar-refractivity contribution in [2.45, 2.75) is 38.3 Å². The summed E-state index contributed by atoms with van der Waals surface area (Å²) in [6, 6.07) is 9.84. The van der Waals surface area contributed by atoms with E-state index in [0.29, 0.717) is 18.0 Å². The number of nitrogens with one attached hydrogen (secondary N) is 2. The normalized spacial score (nSPS) is 23.0. The topological polar surface area (TPSA) is 92.9 Å². The Morgan fingerprint density at radius 1 is 1.31 bits per heavy atom. The van der Waals surface area contributed by atoms with Crippen molar-refractivity contribution in [2.24, 2.45) is 17.1 Å². The van der Waals surface area contributed by atoms with Gasteiger partial charge in [-0.2, -0.15) is 0 Å².